The number of fused-ring (bicyclic) bond motifs is 1. The van der Waals surface area contributed by atoms with E-state index >= 15 is 0 Å². The molecule has 0 aromatic carbocycles. The van der Waals surface area contributed by atoms with Gasteiger partial charge in [0.25, 0.3) is 0 Å². The van der Waals surface area contributed by atoms with Crippen molar-refractivity contribution in [2.24, 2.45) is 0 Å². The Kier molecular flexibility index (Phi) is 6.43. The summed E-state index contributed by atoms with van der Waals surface area (Å²) >= 11 is 9.20. The van der Waals surface area contributed by atoms with E-state index in [1.54, 1.807) is 24.1 Å². The Balaban J connectivity index is 2.15. The van der Waals surface area contributed by atoms with Crippen LogP contribution in [0.4, 0.5) is 0 Å². The van der Waals surface area contributed by atoms with Gasteiger partial charge in [0.2, 0.25) is 0 Å². The summed E-state index contributed by atoms with van der Waals surface area (Å²) in [6.07, 6.45) is 1.05. The molecule has 0 N–H and O–H groups in total. The molecule has 2 aromatic heterocycles. The van der Waals surface area contributed by atoms with Crippen LogP contribution in [0.15, 0.2) is 10.5 Å². The average molecular weight is 360 g/mol. The normalized spacial score (nSPS) is 11.3. The van der Waals surface area contributed by atoms with Gasteiger partial charge in [0.1, 0.15) is 9.98 Å². The van der Waals surface area contributed by atoms with Gasteiger partial charge in [0.05, 0.1) is 17.6 Å². The molecule has 22 heavy (non-hydrogen) atoms. The quantitative estimate of drug-likeness (QED) is 0.248. The first-order valence-corrected chi connectivity index (χ1v) is 9.16. The fourth-order valence-corrected chi connectivity index (χ4v) is 3.96. The van der Waals surface area contributed by atoms with Crippen molar-refractivity contribution >= 4 is 50.9 Å². The van der Waals surface area contributed by atoms with E-state index in [2.05, 4.69) is 14.9 Å². The van der Waals surface area contributed by atoms with Crippen molar-refractivity contribution < 1.29 is 9.53 Å². The Morgan fingerprint density at radius 2 is 2.23 bits per heavy atom. The van der Waals surface area contributed by atoms with E-state index in [1.165, 1.54) is 11.3 Å². The summed E-state index contributed by atoms with van der Waals surface area (Å²) in [5.74, 6) is 0.543. The number of carbonyl (C=O) groups is 1. The molecule has 0 amide bonds. The largest absolute Gasteiger partial charge is 0.462 e. The highest BCUT2D eigenvalue weighted by Crippen LogP contribution is 2.32. The Morgan fingerprint density at radius 1 is 1.45 bits per heavy atom. The van der Waals surface area contributed by atoms with E-state index in [1.807, 2.05) is 14.1 Å². The molecule has 0 spiro atoms. The van der Waals surface area contributed by atoms with E-state index in [-0.39, 0.29) is 5.97 Å². The molecule has 5 nitrogen and oxygen atoms in total. The van der Waals surface area contributed by atoms with Crippen LogP contribution in [0.1, 0.15) is 23.7 Å². The molecule has 0 fully saturated rings. The third kappa shape index (κ3) is 4.32. The molecule has 2 heterocycles. The van der Waals surface area contributed by atoms with Gasteiger partial charge in [-0.1, -0.05) is 23.4 Å². The summed E-state index contributed by atoms with van der Waals surface area (Å²) in [6, 6.07) is 0. The maximum Gasteiger partial charge on any atom is 0.339 e. The van der Waals surface area contributed by atoms with E-state index in [9.17, 15) is 4.79 Å². The summed E-state index contributed by atoms with van der Waals surface area (Å²) in [5, 5.41) is 3.27. The summed E-state index contributed by atoms with van der Waals surface area (Å²) < 4.78 is 5.03. The third-order valence-corrected chi connectivity index (χ3v) is 4.92. The molecule has 0 radical (unpaired) electrons. The number of thioether (sulfide) groups is 1. The van der Waals surface area contributed by atoms with Gasteiger partial charge in [-0.3, -0.25) is 0 Å². The van der Waals surface area contributed by atoms with Crippen molar-refractivity contribution in [2.75, 3.05) is 33.0 Å². The summed E-state index contributed by atoms with van der Waals surface area (Å²) in [4.78, 5) is 23.5. The van der Waals surface area contributed by atoms with Gasteiger partial charge in [-0.2, -0.15) is 0 Å². The van der Waals surface area contributed by atoms with Crippen LogP contribution in [0.2, 0.25) is 5.15 Å². The van der Waals surface area contributed by atoms with Crippen LogP contribution in [0.25, 0.3) is 10.2 Å². The fourth-order valence-electron chi connectivity index (χ4n) is 1.85. The molecule has 0 aliphatic rings. The molecular formula is C14H18ClN3O2S2. The second-order valence-corrected chi connectivity index (χ2v) is 7.13. The van der Waals surface area contributed by atoms with Gasteiger partial charge >= 0.3 is 5.97 Å². The second-order valence-electron chi connectivity index (χ2n) is 4.85. The minimum Gasteiger partial charge on any atom is -0.462 e. The zero-order chi connectivity index (χ0) is 16.1. The van der Waals surface area contributed by atoms with E-state index in [0.29, 0.717) is 27.9 Å². The van der Waals surface area contributed by atoms with Gasteiger partial charge in [-0.25, -0.2) is 14.8 Å². The molecule has 0 aliphatic heterocycles. The number of aromatic nitrogens is 2. The molecular weight excluding hydrogens is 342 g/mol. The highest BCUT2D eigenvalue weighted by Gasteiger charge is 2.18. The average Bonchev–Trinajstić information content (AvgIpc) is 2.88. The maximum atomic E-state index is 11.9. The number of thiophene rings is 1. The molecule has 0 unspecified atom stereocenters. The van der Waals surface area contributed by atoms with Gasteiger partial charge < -0.3 is 9.64 Å². The van der Waals surface area contributed by atoms with Crippen LogP contribution in [-0.2, 0) is 4.74 Å². The first-order valence-electron chi connectivity index (χ1n) is 6.92. The minimum absolute atomic E-state index is 0.310. The lowest BCUT2D eigenvalue weighted by Crippen LogP contribution is -2.13. The highest BCUT2D eigenvalue weighted by molar-refractivity contribution is 7.99. The van der Waals surface area contributed by atoms with Crippen LogP contribution in [0.3, 0.4) is 0 Å². The number of rotatable bonds is 7. The number of carbonyl (C=O) groups excluding carboxylic acids is 1. The standard InChI is InChI=1S/C14H18ClN3O2S2/c1-4-20-13(19)9-8-22-12-10(9)11(15)16-14(17-12)21-7-5-6-18(2)3/h8H,4-7H2,1-3H3. The number of halogens is 1. The number of nitrogens with zero attached hydrogens (tertiary/aromatic N) is 3. The predicted octanol–water partition coefficient (Wildman–Crippen LogP) is 3.57. The molecule has 0 saturated heterocycles. The highest BCUT2D eigenvalue weighted by atomic mass is 35.5. The third-order valence-electron chi connectivity index (χ3n) is 2.85. The number of hydrogen-bond donors (Lipinski definition) is 0. The summed E-state index contributed by atoms with van der Waals surface area (Å²) in [6.45, 7) is 3.12. The van der Waals surface area contributed by atoms with Gasteiger partial charge in [0.15, 0.2) is 5.16 Å². The molecule has 0 atom stereocenters. The van der Waals surface area contributed by atoms with Gasteiger partial charge in [-0.05, 0) is 34.0 Å². The lowest BCUT2D eigenvalue weighted by Gasteiger charge is -2.08. The van der Waals surface area contributed by atoms with Crippen molar-refractivity contribution in [3.8, 4) is 0 Å². The second kappa shape index (κ2) is 8.10. The maximum absolute atomic E-state index is 11.9. The molecule has 0 aliphatic carbocycles. The van der Waals surface area contributed by atoms with Gasteiger partial charge in [0, 0.05) is 11.1 Å². The first kappa shape index (κ1) is 17.5. The van der Waals surface area contributed by atoms with Crippen molar-refractivity contribution in [1.29, 1.82) is 0 Å². The summed E-state index contributed by atoms with van der Waals surface area (Å²) in [5.41, 5.74) is 0.441. The Bertz CT molecular complexity index is 661. The van der Waals surface area contributed by atoms with Crippen LogP contribution in [0, 0.1) is 0 Å². The Hall–Kier alpha value is -0.890. The smallest absolute Gasteiger partial charge is 0.339 e. The van der Waals surface area contributed by atoms with E-state index in [0.717, 1.165) is 23.5 Å². The van der Waals surface area contributed by atoms with Gasteiger partial charge in [-0.15, -0.1) is 11.3 Å². The van der Waals surface area contributed by atoms with Crippen LogP contribution < -0.4 is 0 Å². The Labute approximate surface area is 143 Å². The van der Waals surface area contributed by atoms with Crippen LogP contribution >= 0.6 is 34.7 Å². The molecule has 0 bridgehead atoms. The van der Waals surface area contributed by atoms with Crippen LogP contribution in [0.5, 0.6) is 0 Å². The zero-order valence-corrected chi connectivity index (χ0v) is 15.1. The van der Waals surface area contributed by atoms with E-state index < -0.39 is 0 Å². The van der Waals surface area contributed by atoms with Crippen molar-refractivity contribution in [1.82, 2.24) is 14.9 Å². The lowest BCUT2D eigenvalue weighted by atomic mass is 10.2. The van der Waals surface area contributed by atoms with Crippen molar-refractivity contribution in [3.05, 3.63) is 16.1 Å². The topological polar surface area (TPSA) is 55.3 Å². The molecule has 0 saturated carbocycles. The number of hydrogen-bond acceptors (Lipinski definition) is 7. The summed E-state index contributed by atoms with van der Waals surface area (Å²) in [7, 11) is 4.10. The predicted molar refractivity (Wildman–Crippen MR) is 92.3 cm³/mol. The minimum atomic E-state index is -0.384. The number of ether oxygens (including phenoxy) is 1. The molecule has 2 aromatic rings. The molecule has 2 rings (SSSR count). The Morgan fingerprint density at radius 3 is 2.91 bits per heavy atom. The molecule has 8 heteroatoms. The lowest BCUT2D eigenvalue weighted by molar-refractivity contribution is 0.0529. The number of esters is 1. The zero-order valence-electron chi connectivity index (χ0n) is 12.8. The first-order chi connectivity index (χ1) is 10.5. The van der Waals surface area contributed by atoms with Crippen molar-refractivity contribution in [2.45, 2.75) is 18.5 Å². The monoisotopic (exact) mass is 359 g/mol. The van der Waals surface area contributed by atoms with Crippen LogP contribution in [-0.4, -0.2) is 53.8 Å². The fraction of sp³-hybridized carbons (Fsp3) is 0.500. The van der Waals surface area contributed by atoms with E-state index in [4.69, 9.17) is 16.3 Å². The molecule has 120 valence electrons. The SMILES string of the molecule is CCOC(=O)c1csc2nc(SCCCN(C)C)nc(Cl)c12. The van der Waals surface area contributed by atoms with Crippen molar-refractivity contribution in [3.63, 3.8) is 0 Å².